The Kier molecular flexibility index (Phi) is 3.94. The van der Waals surface area contributed by atoms with Crippen molar-refractivity contribution in [2.45, 2.75) is 37.6 Å². The van der Waals surface area contributed by atoms with Crippen LogP contribution in [-0.2, 0) is 4.79 Å². The summed E-state index contributed by atoms with van der Waals surface area (Å²) in [6.07, 6.45) is 4.42. The number of para-hydroxylation sites is 1. The Labute approximate surface area is 147 Å². The monoisotopic (exact) mass is 337 g/mol. The summed E-state index contributed by atoms with van der Waals surface area (Å²) in [6, 6.07) is 11.6. The quantitative estimate of drug-likeness (QED) is 0.804. The third kappa shape index (κ3) is 2.77. The van der Waals surface area contributed by atoms with Gasteiger partial charge in [0.05, 0.1) is 11.1 Å². The second-order valence-electron chi connectivity index (χ2n) is 7.25. The molecule has 5 nitrogen and oxygen atoms in total. The molecule has 1 atom stereocenters. The average Bonchev–Trinajstić information content (AvgIpc) is 2.65. The average molecular weight is 337 g/mol. The van der Waals surface area contributed by atoms with Crippen LogP contribution >= 0.6 is 0 Å². The van der Waals surface area contributed by atoms with E-state index >= 15 is 0 Å². The minimum Gasteiger partial charge on any atom is -0.338 e. The van der Waals surface area contributed by atoms with Crippen molar-refractivity contribution < 1.29 is 9.59 Å². The SMILES string of the molecule is CN1C(=O)CCC[C@@]12CCCN(C(=O)c1ccc3ccccc3n1)C2. The van der Waals surface area contributed by atoms with E-state index in [0.29, 0.717) is 18.7 Å². The Balaban J connectivity index is 1.59. The van der Waals surface area contributed by atoms with Crippen LogP contribution in [0.4, 0.5) is 0 Å². The summed E-state index contributed by atoms with van der Waals surface area (Å²) in [7, 11) is 1.89. The van der Waals surface area contributed by atoms with Crippen LogP contribution in [0.2, 0.25) is 0 Å². The maximum atomic E-state index is 13.0. The minimum atomic E-state index is -0.194. The van der Waals surface area contributed by atoms with Gasteiger partial charge in [-0.1, -0.05) is 24.3 Å². The first kappa shape index (κ1) is 16.1. The number of benzene rings is 1. The topological polar surface area (TPSA) is 53.5 Å². The van der Waals surface area contributed by atoms with E-state index < -0.39 is 0 Å². The zero-order chi connectivity index (χ0) is 17.4. The molecule has 4 rings (SSSR count). The number of likely N-dealkylation sites (tertiary alicyclic amines) is 2. The molecule has 0 bridgehead atoms. The Morgan fingerprint density at radius 1 is 1.12 bits per heavy atom. The Bertz CT molecular complexity index is 831. The lowest BCUT2D eigenvalue weighted by Crippen LogP contribution is -2.61. The molecule has 1 aromatic carbocycles. The number of rotatable bonds is 1. The molecule has 0 aliphatic carbocycles. The second kappa shape index (κ2) is 6.14. The molecule has 2 saturated heterocycles. The van der Waals surface area contributed by atoms with Gasteiger partial charge >= 0.3 is 0 Å². The fourth-order valence-corrected chi connectivity index (χ4v) is 4.28. The van der Waals surface area contributed by atoms with E-state index in [-0.39, 0.29) is 17.4 Å². The van der Waals surface area contributed by atoms with Crippen LogP contribution in [0.3, 0.4) is 0 Å². The lowest BCUT2D eigenvalue weighted by molar-refractivity contribution is -0.142. The molecule has 2 aliphatic rings. The van der Waals surface area contributed by atoms with Crippen molar-refractivity contribution in [3.63, 3.8) is 0 Å². The van der Waals surface area contributed by atoms with Gasteiger partial charge in [0.2, 0.25) is 5.91 Å². The molecule has 0 saturated carbocycles. The number of carbonyl (C=O) groups excluding carboxylic acids is 2. The van der Waals surface area contributed by atoms with Gasteiger partial charge in [0, 0.05) is 31.9 Å². The minimum absolute atomic E-state index is 0.0312. The summed E-state index contributed by atoms with van der Waals surface area (Å²) in [4.78, 5) is 33.5. The normalized spacial score (nSPS) is 24.1. The molecule has 130 valence electrons. The summed E-state index contributed by atoms with van der Waals surface area (Å²) in [5, 5.41) is 1.03. The maximum Gasteiger partial charge on any atom is 0.272 e. The summed E-state index contributed by atoms with van der Waals surface area (Å²) < 4.78 is 0. The molecule has 1 aromatic heterocycles. The van der Waals surface area contributed by atoms with Gasteiger partial charge in [-0.2, -0.15) is 0 Å². The highest BCUT2D eigenvalue weighted by Crippen LogP contribution is 2.36. The van der Waals surface area contributed by atoms with Gasteiger partial charge in [-0.15, -0.1) is 0 Å². The van der Waals surface area contributed by atoms with Crippen LogP contribution in [0.5, 0.6) is 0 Å². The largest absolute Gasteiger partial charge is 0.338 e. The van der Waals surface area contributed by atoms with E-state index in [1.54, 1.807) is 0 Å². The van der Waals surface area contributed by atoms with Crippen molar-refractivity contribution in [2.75, 3.05) is 20.1 Å². The van der Waals surface area contributed by atoms with E-state index in [0.717, 1.165) is 43.1 Å². The fraction of sp³-hybridized carbons (Fsp3) is 0.450. The molecule has 1 spiro atoms. The summed E-state index contributed by atoms with van der Waals surface area (Å²) in [5.74, 6) is 0.167. The molecular formula is C20H23N3O2. The number of hydrogen-bond donors (Lipinski definition) is 0. The van der Waals surface area contributed by atoms with Gasteiger partial charge < -0.3 is 9.80 Å². The first-order valence-electron chi connectivity index (χ1n) is 9.01. The smallest absolute Gasteiger partial charge is 0.272 e. The molecule has 0 unspecified atom stereocenters. The highest BCUT2D eigenvalue weighted by atomic mass is 16.2. The number of carbonyl (C=O) groups is 2. The van der Waals surface area contributed by atoms with Crippen molar-refractivity contribution in [2.24, 2.45) is 0 Å². The number of piperidine rings is 2. The molecule has 3 heterocycles. The standard InChI is InChI=1S/C20H23N3O2/c1-22-18(24)8-4-11-20(22)12-5-13-23(14-20)19(25)17-10-9-15-6-2-3-7-16(15)21-17/h2-3,6-7,9-10H,4-5,8,11-14H2,1H3/t20-/m0/s1. The Hall–Kier alpha value is -2.43. The number of amides is 2. The molecule has 5 heteroatoms. The molecule has 25 heavy (non-hydrogen) atoms. The van der Waals surface area contributed by atoms with Gasteiger partial charge in [-0.05, 0) is 37.8 Å². The molecule has 2 aromatic rings. The Morgan fingerprint density at radius 3 is 2.80 bits per heavy atom. The third-order valence-corrected chi connectivity index (χ3v) is 5.78. The van der Waals surface area contributed by atoms with Crippen molar-refractivity contribution in [3.8, 4) is 0 Å². The first-order chi connectivity index (χ1) is 12.1. The van der Waals surface area contributed by atoms with Crippen LogP contribution in [0.1, 0.15) is 42.6 Å². The predicted molar refractivity (Wildman–Crippen MR) is 96.2 cm³/mol. The second-order valence-corrected chi connectivity index (χ2v) is 7.25. The predicted octanol–water partition coefficient (Wildman–Crippen LogP) is 2.85. The van der Waals surface area contributed by atoms with Crippen LogP contribution in [0, 0.1) is 0 Å². The number of nitrogens with zero attached hydrogens (tertiary/aromatic N) is 3. The van der Waals surface area contributed by atoms with E-state index in [1.165, 1.54) is 0 Å². The number of likely N-dealkylation sites (N-methyl/N-ethyl adjacent to an activating group) is 1. The lowest BCUT2D eigenvalue weighted by atomic mass is 9.80. The van der Waals surface area contributed by atoms with Crippen molar-refractivity contribution in [1.29, 1.82) is 0 Å². The number of pyridine rings is 1. The van der Waals surface area contributed by atoms with Crippen LogP contribution < -0.4 is 0 Å². The fourth-order valence-electron chi connectivity index (χ4n) is 4.28. The lowest BCUT2D eigenvalue weighted by Gasteiger charge is -2.50. The molecular weight excluding hydrogens is 314 g/mol. The Morgan fingerprint density at radius 2 is 1.92 bits per heavy atom. The molecule has 2 amide bonds. The number of fused-ring (bicyclic) bond motifs is 1. The number of aromatic nitrogens is 1. The van der Waals surface area contributed by atoms with Crippen LogP contribution in [0.25, 0.3) is 10.9 Å². The van der Waals surface area contributed by atoms with Gasteiger partial charge in [-0.25, -0.2) is 4.98 Å². The van der Waals surface area contributed by atoms with E-state index in [1.807, 2.05) is 53.2 Å². The third-order valence-electron chi connectivity index (χ3n) is 5.78. The summed E-state index contributed by atoms with van der Waals surface area (Å²) in [6.45, 7) is 1.35. The summed E-state index contributed by atoms with van der Waals surface area (Å²) >= 11 is 0. The van der Waals surface area contributed by atoms with E-state index in [2.05, 4.69) is 4.98 Å². The van der Waals surface area contributed by atoms with Gasteiger partial charge in [-0.3, -0.25) is 9.59 Å². The summed E-state index contributed by atoms with van der Waals surface area (Å²) in [5.41, 5.74) is 1.13. The molecule has 0 radical (unpaired) electrons. The van der Waals surface area contributed by atoms with E-state index in [9.17, 15) is 9.59 Å². The van der Waals surface area contributed by atoms with Crippen LogP contribution in [0.15, 0.2) is 36.4 Å². The highest BCUT2D eigenvalue weighted by Gasteiger charge is 2.44. The molecule has 2 fully saturated rings. The first-order valence-corrected chi connectivity index (χ1v) is 9.01. The van der Waals surface area contributed by atoms with Crippen molar-refractivity contribution in [1.82, 2.24) is 14.8 Å². The molecule has 0 N–H and O–H groups in total. The highest BCUT2D eigenvalue weighted by molar-refractivity contribution is 5.95. The van der Waals surface area contributed by atoms with Gasteiger partial charge in [0.15, 0.2) is 0 Å². The number of hydrogen-bond acceptors (Lipinski definition) is 3. The zero-order valence-electron chi connectivity index (χ0n) is 14.6. The zero-order valence-corrected chi connectivity index (χ0v) is 14.6. The van der Waals surface area contributed by atoms with Crippen molar-refractivity contribution >= 4 is 22.7 Å². The van der Waals surface area contributed by atoms with Crippen LogP contribution in [-0.4, -0.2) is 52.3 Å². The van der Waals surface area contributed by atoms with E-state index in [4.69, 9.17) is 0 Å². The van der Waals surface area contributed by atoms with Gasteiger partial charge in [0.25, 0.3) is 5.91 Å². The van der Waals surface area contributed by atoms with Gasteiger partial charge in [0.1, 0.15) is 5.69 Å². The maximum absolute atomic E-state index is 13.0. The molecule has 2 aliphatic heterocycles. The van der Waals surface area contributed by atoms with Crippen molar-refractivity contribution in [3.05, 3.63) is 42.1 Å².